The van der Waals surface area contributed by atoms with Crippen LogP contribution in [0.25, 0.3) is 0 Å². The molecular formula is C30H28O9. The van der Waals surface area contributed by atoms with Gasteiger partial charge in [-0.15, -0.1) is 0 Å². The molecule has 0 saturated carbocycles. The first-order valence-electron chi connectivity index (χ1n) is 12.8. The molecule has 0 aliphatic carbocycles. The van der Waals surface area contributed by atoms with E-state index in [2.05, 4.69) is 0 Å². The number of benzene rings is 3. The molecule has 202 valence electrons. The van der Waals surface area contributed by atoms with Gasteiger partial charge in [-0.3, -0.25) is 9.59 Å². The third-order valence-electron chi connectivity index (χ3n) is 7.32. The smallest absolute Gasteiger partial charge is 0.317 e. The number of carbonyl (C=O) groups is 2. The number of hydrogen-bond acceptors (Lipinski definition) is 9. The van der Waals surface area contributed by atoms with Crippen LogP contribution >= 0.6 is 0 Å². The lowest BCUT2D eigenvalue weighted by Gasteiger charge is -2.32. The van der Waals surface area contributed by atoms with E-state index in [0.717, 1.165) is 11.1 Å². The van der Waals surface area contributed by atoms with Crippen molar-refractivity contribution in [2.24, 2.45) is 11.8 Å². The molecule has 39 heavy (non-hydrogen) atoms. The highest BCUT2D eigenvalue weighted by molar-refractivity contribution is 6.10. The third kappa shape index (κ3) is 4.79. The second-order valence-corrected chi connectivity index (χ2v) is 9.65. The molecule has 0 bridgehead atoms. The normalized spacial score (nSPS) is 21.3. The Labute approximate surface area is 225 Å². The minimum absolute atomic E-state index is 0.0224. The fraction of sp³-hybridized carbons (Fsp3) is 0.333. The van der Waals surface area contributed by atoms with Gasteiger partial charge in [-0.2, -0.15) is 0 Å². The Morgan fingerprint density at radius 3 is 2.21 bits per heavy atom. The molecule has 1 saturated heterocycles. The number of ether oxygens (including phenoxy) is 7. The van der Waals surface area contributed by atoms with Crippen molar-refractivity contribution in [3.63, 3.8) is 0 Å². The molecule has 0 radical (unpaired) electrons. The van der Waals surface area contributed by atoms with Crippen molar-refractivity contribution in [3.05, 3.63) is 83.4 Å². The average Bonchev–Trinajstić information content (AvgIpc) is 3.71. The zero-order chi connectivity index (χ0) is 26.9. The molecule has 3 aromatic rings. The Kier molecular flexibility index (Phi) is 6.85. The molecule has 0 N–H and O–H groups in total. The van der Waals surface area contributed by atoms with Crippen LogP contribution in [-0.2, 0) is 19.0 Å². The number of rotatable bonds is 9. The van der Waals surface area contributed by atoms with Crippen molar-refractivity contribution in [1.29, 1.82) is 0 Å². The zero-order valence-electron chi connectivity index (χ0n) is 21.5. The highest BCUT2D eigenvalue weighted by Crippen LogP contribution is 2.44. The van der Waals surface area contributed by atoms with Crippen molar-refractivity contribution < 1.29 is 42.7 Å². The standard InChI is InChI=1S/C30H28O9/c1-17(28(33-2)18-6-4-3-5-7-18)39-29(20-9-11-23-25(13-20)38-16-36-23)21-14-34-30(32)26(21)27(31)19-8-10-22-24(12-19)37-15-35-22/h3-13,17,21,26,28-29H,14-16H2,1-2H3/t17?,21-,26+,28+,29-/m1/s1. The summed E-state index contributed by atoms with van der Waals surface area (Å²) < 4.78 is 39.9. The summed E-state index contributed by atoms with van der Waals surface area (Å²) in [5.74, 6) is -0.423. The fourth-order valence-electron chi connectivity index (χ4n) is 5.39. The summed E-state index contributed by atoms with van der Waals surface area (Å²) in [5, 5.41) is 0. The predicted molar refractivity (Wildman–Crippen MR) is 137 cm³/mol. The van der Waals surface area contributed by atoms with Gasteiger partial charge in [-0.25, -0.2) is 0 Å². The number of esters is 1. The first kappa shape index (κ1) is 25.2. The molecule has 0 aromatic heterocycles. The van der Waals surface area contributed by atoms with Gasteiger partial charge in [-0.1, -0.05) is 36.4 Å². The molecule has 3 aliphatic rings. The monoisotopic (exact) mass is 532 g/mol. The van der Waals surface area contributed by atoms with E-state index in [1.54, 1.807) is 31.4 Å². The number of carbonyl (C=O) groups excluding carboxylic acids is 2. The molecular weight excluding hydrogens is 504 g/mol. The second-order valence-electron chi connectivity index (χ2n) is 9.65. The maximum absolute atomic E-state index is 13.8. The molecule has 3 aromatic carbocycles. The Morgan fingerprint density at radius 2 is 1.49 bits per heavy atom. The number of fused-ring (bicyclic) bond motifs is 2. The van der Waals surface area contributed by atoms with Crippen LogP contribution < -0.4 is 18.9 Å². The van der Waals surface area contributed by atoms with E-state index in [1.807, 2.05) is 49.4 Å². The number of ketones is 1. The Balaban J connectivity index is 1.34. The van der Waals surface area contributed by atoms with E-state index >= 15 is 0 Å². The Hall–Kier alpha value is -4.08. The van der Waals surface area contributed by atoms with Crippen LogP contribution in [0.2, 0.25) is 0 Å². The van der Waals surface area contributed by atoms with Crippen molar-refractivity contribution in [2.75, 3.05) is 27.3 Å². The lowest BCUT2D eigenvalue weighted by molar-refractivity contribution is -0.140. The molecule has 0 amide bonds. The molecule has 1 fully saturated rings. The van der Waals surface area contributed by atoms with E-state index in [4.69, 9.17) is 33.2 Å². The molecule has 3 heterocycles. The summed E-state index contributed by atoms with van der Waals surface area (Å²) in [4.78, 5) is 26.8. The van der Waals surface area contributed by atoms with Gasteiger partial charge in [0.05, 0.1) is 18.8 Å². The van der Waals surface area contributed by atoms with E-state index in [9.17, 15) is 9.59 Å². The first-order chi connectivity index (χ1) is 19.0. The summed E-state index contributed by atoms with van der Waals surface area (Å²) in [6.07, 6.45) is -1.51. The van der Waals surface area contributed by atoms with E-state index in [1.165, 1.54) is 0 Å². The van der Waals surface area contributed by atoms with Gasteiger partial charge >= 0.3 is 5.97 Å². The van der Waals surface area contributed by atoms with Gasteiger partial charge in [0, 0.05) is 18.6 Å². The number of cyclic esters (lactones) is 1. The Bertz CT molecular complexity index is 1370. The SMILES string of the molecule is CO[C@H](c1ccccc1)C(C)O[C@H](c1ccc2c(c1)OCO2)[C@@H]1COC(=O)[C@@H]1C(=O)c1ccc2c(c1)OCO2. The number of methoxy groups -OCH3 is 1. The highest BCUT2D eigenvalue weighted by Gasteiger charge is 2.48. The molecule has 3 aliphatic heterocycles. The van der Waals surface area contributed by atoms with Crippen molar-refractivity contribution in [3.8, 4) is 23.0 Å². The lowest BCUT2D eigenvalue weighted by Crippen LogP contribution is -2.34. The first-order valence-corrected chi connectivity index (χ1v) is 12.8. The van der Waals surface area contributed by atoms with Crippen LogP contribution in [0.4, 0.5) is 0 Å². The lowest BCUT2D eigenvalue weighted by atomic mass is 9.81. The summed E-state index contributed by atoms with van der Waals surface area (Å²) in [7, 11) is 1.63. The van der Waals surface area contributed by atoms with Crippen LogP contribution in [-0.4, -0.2) is 45.2 Å². The zero-order valence-corrected chi connectivity index (χ0v) is 21.5. The van der Waals surface area contributed by atoms with Crippen LogP contribution in [0.15, 0.2) is 66.7 Å². The third-order valence-corrected chi connectivity index (χ3v) is 7.32. The summed E-state index contributed by atoms with van der Waals surface area (Å²) >= 11 is 0. The van der Waals surface area contributed by atoms with Gasteiger partial charge in [-0.05, 0) is 48.4 Å². The summed E-state index contributed by atoms with van der Waals surface area (Å²) in [6.45, 7) is 2.14. The van der Waals surface area contributed by atoms with Gasteiger partial charge in [0.15, 0.2) is 28.8 Å². The maximum atomic E-state index is 13.8. The van der Waals surface area contributed by atoms with Crippen LogP contribution in [0.5, 0.6) is 23.0 Å². The highest BCUT2D eigenvalue weighted by atomic mass is 16.7. The van der Waals surface area contributed by atoms with Crippen molar-refractivity contribution in [2.45, 2.75) is 25.2 Å². The summed E-state index contributed by atoms with van der Waals surface area (Å²) in [6, 6.07) is 20.1. The summed E-state index contributed by atoms with van der Waals surface area (Å²) in [5.41, 5.74) is 2.02. The molecule has 5 atom stereocenters. The Morgan fingerprint density at radius 1 is 0.821 bits per heavy atom. The van der Waals surface area contributed by atoms with Gasteiger partial charge in [0.25, 0.3) is 0 Å². The van der Waals surface area contributed by atoms with Crippen LogP contribution in [0.3, 0.4) is 0 Å². The number of hydrogen-bond donors (Lipinski definition) is 0. The molecule has 1 unspecified atom stereocenters. The van der Waals surface area contributed by atoms with E-state index in [-0.39, 0.29) is 32.1 Å². The molecule has 9 heteroatoms. The van der Waals surface area contributed by atoms with Crippen molar-refractivity contribution in [1.82, 2.24) is 0 Å². The van der Waals surface area contributed by atoms with Gasteiger partial charge in [0.1, 0.15) is 12.0 Å². The second kappa shape index (κ2) is 10.6. The van der Waals surface area contributed by atoms with Gasteiger partial charge < -0.3 is 33.2 Å². The largest absolute Gasteiger partial charge is 0.465 e. The predicted octanol–water partition coefficient (Wildman–Crippen LogP) is 4.65. The fourth-order valence-corrected chi connectivity index (χ4v) is 5.39. The maximum Gasteiger partial charge on any atom is 0.317 e. The molecule has 9 nitrogen and oxygen atoms in total. The van der Waals surface area contributed by atoms with E-state index in [0.29, 0.717) is 28.6 Å². The van der Waals surface area contributed by atoms with E-state index < -0.39 is 30.0 Å². The van der Waals surface area contributed by atoms with Crippen LogP contribution in [0.1, 0.15) is 40.6 Å². The number of Topliss-reactive ketones (excluding diaryl/α,β-unsaturated/α-hetero) is 1. The topological polar surface area (TPSA) is 98.8 Å². The quantitative estimate of drug-likeness (QED) is 0.222. The molecule has 0 spiro atoms. The van der Waals surface area contributed by atoms with Crippen molar-refractivity contribution >= 4 is 11.8 Å². The molecule has 6 rings (SSSR count). The minimum atomic E-state index is -1.08. The van der Waals surface area contributed by atoms with Gasteiger partial charge in [0.2, 0.25) is 13.6 Å². The van der Waals surface area contributed by atoms with Crippen LogP contribution in [0, 0.1) is 11.8 Å². The minimum Gasteiger partial charge on any atom is -0.465 e. The average molecular weight is 533 g/mol.